The van der Waals surface area contributed by atoms with E-state index in [2.05, 4.69) is 23.6 Å². The van der Waals surface area contributed by atoms with E-state index >= 15 is 0 Å². The van der Waals surface area contributed by atoms with Gasteiger partial charge in [0.2, 0.25) is 0 Å². The Morgan fingerprint density at radius 1 is 0.774 bits per heavy atom. The van der Waals surface area contributed by atoms with Crippen molar-refractivity contribution in [2.75, 3.05) is 39.4 Å². The Balaban J connectivity index is 1.20. The first kappa shape index (κ1) is 21.4. The summed E-state index contributed by atoms with van der Waals surface area (Å²) in [5.74, 6) is 3.42. The molecule has 6 rings (SSSR count). The van der Waals surface area contributed by atoms with Crippen LogP contribution in [0, 0.1) is 34.5 Å². The van der Waals surface area contributed by atoms with E-state index < -0.39 is 0 Å². The Morgan fingerprint density at radius 2 is 1.52 bits per heavy atom. The van der Waals surface area contributed by atoms with Crippen molar-refractivity contribution >= 4 is 0 Å². The molecular weight excluding hydrogens is 384 g/mol. The van der Waals surface area contributed by atoms with Gasteiger partial charge in [0, 0.05) is 25.2 Å². The summed E-state index contributed by atoms with van der Waals surface area (Å²) in [6, 6.07) is 1.25. The molecule has 0 radical (unpaired) electrons. The van der Waals surface area contributed by atoms with Crippen LogP contribution < -0.4 is 0 Å². The normalized spacial score (nSPS) is 53.7. The molecule has 9 atom stereocenters. The van der Waals surface area contributed by atoms with Gasteiger partial charge in [-0.05, 0) is 112 Å². The van der Waals surface area contributed by atoms with Gasteiger partial charge in [0.05, 0.1) is 19.3 Å². The number of hydrogen-bond donors (Lipinski definition) is 1. The average molecular weight is 431 g/mol. The minimum Gasteiger partial charge on any atom is -0.391 e. The number of aliphatic hydroxyl groups is 1. The summed E-state index contributed by atoms with van der Waals surface area (Å²) in [6.45, 7) is 11.6. The van der Waals surface area contributed by atoms with E-state index in [1.54, 1.807) is 0 Å². The Morgan fingerprint density at radius 3 is 2.29 bits per heavy atom. The fourth-order valence-electron chi connectivity index (χ4n) is 9.92. The average Bonchev–Trinajstić information content (AvgIpc) is 3.41. The first-order chi connectivity index (χ1) is 15.0. The molecule has 0 aromatic rings. The van der Waals surface area contributed by atoms with E-state index in [0.717, 1.165) is 56.0 Å². The molecule has 0 unspecified atom stereocenters. The number of nitrogens with zero attached hydrogens (tertiary/aromatic N) is 2. The number of hydrogen-bond acceptors (Lipinski definition) is 4. The van der Waals surface area contributed by atoms with Crippen molar-refractivity contribution in [3.8, 4) is 0 Å². The molecule has 31 heavy (non-hydrogen) atoms. The summed E-state index contributed by atoms with van der Waals surface area (Å²) in [5, 5.41) is 11.6. The highest BCUT2D eigenvalue weighted by molar-refractivity contribution is 5.13. The van der Waals surface area contributed by atoms with E-state index in [9.17, 15) is 5.11 Å². The monoisotopic (exact) mass is 430 g/mol. The molecule has 0 spiro atoms. The maximum Gasteiger partial charge on any atom is 0.0751 e. The second kappa shape index (κ2) is 7.96. The van der Waals surface area contributed by atoms with Crippen molar-refractivity contribution in [1.29, 1.82) is 0 Å². The summed E-state index contributed by atoms with van der Waals surface area (Å²) in [6.07, 6.45) is 13.8. The Bertz CT molecular complexity index is 660. The summed E-state index contributed by atoms with van der Waals surface area (Å²) in [5.41, 5.74) is 0.697. The van der Waals surface area contributed by atoms with Gasteiger partial charge in [-0.15, -0.1) is 0 Å². The highest BCUT2D eigenvalue weighted by Gasteiger charge is 2.62. The predicted molar refractivity (Wildman–Crippen MR) is 124 cm³/mol. The van der Waals surface area contributed by atoms with E-state index in [4.69, 9.17) is 4.74 Å². The Labute approximate surface area is 190 Å². The Hall–Kier alpha value is -0.160. The van der Waals surface area contributed by atoms with E-state index in [1.807, 2.05) is 0 Å². The molecule has 0 amide bonds. The van der Waals surface area contributed by atoms with Gasteiger partial charge >= 0.3 is 0 Å². The number of morpholine rings is 1. The zero-order valence-electron chi connectivity index (χ0n) is 20.1. The van der Waals surface area contributed by atoms with Crippen LogP contribution in [-0.4, -0.2) is 72.5 Å². The van der Waals surface area contributed by atoms with E-state index in [0.29, 0.717) is 11.5 Å². The number of ether oxygens (including phenoxy) is 1. The molecule has 6 aliphatic rings. The number of rotatable bonds is 2. The van der Waals surface area contributed by atoms with Crippen molar-refractivity contribution in [3.63, 3.8) is 0 Å². The van der Waals surface area contributed by atoms with Crippen LogP contribution in [0.4, 0.5) is 0 Å². The first-order valence-corrected chi connectivity index (χ1v) is 13.7. The first-order valence-electron chi connectivity index (χ1n) is 13.7. The third-order valence-corrected chi connectivity index (χ3v) is 11.8. The number of aliphatic hydroxyl groups excluding tert-OH is 1. The van der Waals surface area contributed by atoms with Gasteiger partial charge in [0.25, 0.3) is 0 Å². The van der Waals surface area contributed by atoms with Crippen molar-refractivity contribution in [2.24, 2.45) is 34.5 Å². The minimum atomic E-state index is -0.145. The lowest BCUT2D eigenvalue weighted by atomic mass is 9.45. The highest BCUT2D eigenvalue weighted by Crippen LogP contribution is 2.66. The zero-order chi connectivity index (χ0) is 21.2. The molecule has 2 aliphatic heterocycles. The molecule has 4 saturated carbocycles. The van der Waals surface area contributed by atoms with Crippen molar-refractivity contribution < 1.29 is 9.84 Å². The fourth-order valence-corrected chi connectivity index (χ4v) is 9.92. The quantitative estimate of drug-likeness (QED) is 0.713. The molecule has 1 N–H and O–H groups in total. The molecule has 2 saturated heterocycles. The van der Waals surface area contributed by atoms with Crippen molar-refractivity contribution in [2.45, 2.75) is 96.2 Å². The molecule has 176 valence electrons. The van der Waals surface area contributed by atoms with Gasteiger partial charge in [-0.3, -0.25) is 4.90 Å². The largest absolute Gasteiger partial charge is 0.391 e. The molecule has 4 aliphatic carbocycles. The molecule has 2 heterocycles. The van der Waals surface area contributed by atoms with Gasteiger partial charge in [0.15, 0.2) is 0 Å². The topological polar surface area (TPSA) is 35.9 Å². The standard InChI is InChI=1S/C27H46N2O2/c1-26-9-7-20(28-11-3-4-12-28)17-19(26)5-6-21-22(26)8-10-27(2)23(21)18-24(25(27)30)29-13-15-31-16-14-29/h19-25,30H,3-18H2,1-2H3/t19-,20-,21+,22-,23-,24-,25-,26-,27-/m0/s1. The van der Waals surface area contributed by atoms with Gasteiger partial charge in [-0.25, -0.2) is 0 Å². The van der Waals surface area contributed by atoms with Crippen LogP contribution >= 0.6 is 0 Å². The molecule has 4 heteroatoms. The van der Waals surface area contributed by atoms with Crippen LogP contribution in [0.1, 0.15) is 78.1 Å². The van der Waals surface area contributed by atoms with Gasteiger partial charge < -0.3 is 14.7 Å². The third kappa shape index (κ3) is 3.29. The number of likely N-dealkylation sites (tertiary alicyclic amines) is 1. The van der Waals surface area contributed by atoms with E-state index in [-0.39, 0.29) is 11.5 Å². The molecule has 0 bridgehead atoms. The van der Waals surface area contributed by atoms with Crippen LogP contribution in [0.5, 0.6) is 0 Å². The smallest absolute Gasteiger partial charge is 0.0751 e. The summed E-state index contributed by atoms with van der Waals surface area (Å²) >= 11 is 0. The molecule has 0 aromatic carbocycles. The molecule has 4 nitrogen and oxygen atoms in total. The SMILES string of the molecule is C[C@]12CC[C@H](N3CCCC3)C[C@@H]1CC[C@@H]1[C@@H]2CC[C@]2(C)[C@@H](O)[C@@H](N3CCOCC3)C[C@@H]12. The second-order valence-corrected chi connectivity index (χ2v) is 12.8. The third-order valence-electron chi connectivity index (χ3n) is 11.8. The highest BCUT2D eigenvalue weighted by atomic mass is 16.5. The summed E-state index contributed by atoms with van der Waals surface area (Å²) < 4.78 is 5.62. The zero-order valence-corrected chi connectivity index (χ0v) is 20.1. The van der Waals surface area contributed by atoms with Gasteiger partial charge in [0.1, 0.15) is 0 Å². The Kier molecular flexibility index (Phi) is 5.49. The van der Waals surface area contributed by atoms with Crippen molar-refractivity contribution in [3.05, 3.63) is 0 Å². The van der Waals surface area contributed by atoms with E-state index in [1.165, 1.54) is 77.3 Å². The van der Waals surface area contributed by atoms with Crippen LogP contribution in [0.25, 0.3) is 0 Å². The lowest BCUT2D eigenvalue weighted by molar-refractivity contribution is -0.130. The molecular formula is C27H46N2O2. The fraction of sp³-hybridized carbons (Fsp3) is 1.00. The van der Waals surface area contributed by atoms with Crippen LogP contribution in [-0.2, 0) is 4.74 Å². The molecule has 6 fully saturated rings. The van der Waals surface area contributed by atoms with Crippen LogP contribution in [0.15, 0.2) is 0 Å². The maximum atomic E-state index is 11.6. The lowest BCUT2D eigenvalue weighted by Crippen LogP contribution is -2.56. The number of fused-ring (bicyclic) bond motifs is 5. The predicted octanol–water partition coefficient (Wildman–Crippen LogP) is 4.17. The van der Waals surface area contributed by atoms with Gasteiger partial charge in [-0.2, -0.15) is 0 Å². The summed E-state index contributed by atoms with van der Waals surface area (Å²) in [4.78, 5) is 5.41. The lowest BCUT2D eigenvalue weighted by Gasteiger charge is -2.61. The maximum absolute atomic E-state index is 11.6. The molecule has 0 aromatic heterocycles. The van der Waals surface area contributed by atoms with Gasteiger partial charge in [-0.1, -0.05) is 13.8 Å². The van der Waals surface area contributed by atoms with Crippen LogP contribution in [0.2, 0.25) is 0 Å². The van der Waals surface area contributed by atoms with Crippen LogP contribution in [0.3, 0.4) is 0 Å². The minimum absolute atomic E-state index is 0.139. The second-order valence-electron chi connectivity index (χ2n) is 12.8. The van der Waals surface area contributed by atoms with Crippen molar-refractivity contribution in [1.82, 2.24) is 9.80 Å². The summed E-state index contributed by atoms with van der Waals surface area (Å²) in [7, 11) is 0.